The van der Waals surface area contributed by atoms with E-state index in [9.17, 15) is 0 Å². The fraction of sp³-hybridized carbons (Fsp3) is 0.350. The molecule has 1 fully saturated rings. The van der Waals surface area contributed by atoms with Crippen LogP contribution in [-0.4, -0.2) is 35.2 Å². The minimum absolute atomic E-state index is 0.184. The second-order valence-corrected chi connectivity index (χ2v) is 6.62. The predicted octanol–water partition coefficient (Wildman–Crippen LogP) is 4.05. The van der Waals surface area contributed by atoms with Gasteiger partial charge < -0.3 is 14.4 Å². The molecule has 2 atom stereocenters. The van der Waals surface area contributed by atoms with E-state index in [0.717, 1.165) is 35.0 Å². The zero-order valence-corrected chi connectivity index (χ0v) is 15.0. The maximum Gasteiger partial charge on any atom is 0.130 e. The third-order valence-corrected chi connectivity index (χ3v) is 4.54. The Bertz CT molecular complexity index is 679. The Balaban J connectivity index is 1.74. The van der Waals surface area contributed by atoms with Crippen molar-refractivity contribution in [2.24, 2.45) is 0 Å². The highest BCUT2D eigenvalue weighted by Crippen LogP contribution is 2.24. The molecule has 0 spiro atoms. The molecule has 0 saturated carbocycles. The van der Waals surface area contributed by atoms with Gasteiger partial charge >= 0.3 is 0 Å². The van der Waals surface area contributed by atoms with Gasteiger partial charge in [-0.1, -0.05) is 54.7 Å². The van der Waals surface area contributed by atoms with Crippen LogP contribution in [0.2, 0.25) is 0 Å². The smallest absolute Gasteiger partial charge is 0.130 e. The topological polar surface area (TPSA) is 21.7 Å². The molecular weight excluding hydrogens is 318 g/mol. The van der Waals surface area contributed by atoms with E-state index >= 15 is 0 Å². The molecule has 1 heterocycles. The van der Waals surface area contributed by atoms with Crippen LogP contribution in [0.25, 0.3) is 0 Å². The van der Waals surface area contributed by atoms with Gasteiger partial charge in [0.25, 0.3) is 0 Å². The van der Waals surface area contributed by atoms with Gasteiger partial charge in [-0.05, 0) is 31.5 Å². The number of morpholine rings is 1. The number of nitrogens with zero attached hydrogens (tertiary/aromatic N) is 1. The Morgan fingerprint density at radius 3 is 2.38 bits per heavy atom. The second kappa shape index (κ2) is 7.77. The molecule has 0 N–H and O–H groups in total. The largest absolute Gasteiger partial charge is 0.488 e. The van der Waals surface area contributed by atoms with Crippen LogP contribution in [0, 0.1) is 0 Å². The predicted molar refractivity (Wildman–Crippen MR) is 100 cm³/mol. The van der Waals surface area contributed by atoms with Gasteiger partial charge in [-0.3, -0.25) is 0 Å². The maximum absolute atomic E-state index is 6.04. The van der Waals surface area contributed by atoms with E-state index in [4.69, 9.17) is 21.7 Å². The molecule has 3 rings (SSSR count). The summed E-state index contributed by atoms with van der Waals surface area (Å²) >= 11 is 5.76. The zero-order valence-electron chi connectivity index (χ0n) is 14.1. The average molecular weight is 341 g/mol. The number of benzene rings is 2. The van der Waals surface area contributed by atoms with Gasteiger partial charge in [0.2, 0.25) is 0 Å². The number of ether oxygens (including phenoxy) is 2. The molecule has 0 unspecified atom stereocenters. The van der Waals surface area contributed by atoms with Gasteiger partial charge in [-0.25, -0.2) is 0 Å². The first-order valence-electron chi connectivity index (χ1n) is 8.34. The van der Waals surface area contributed by atoms with E-state index in [2.05, 4.69) is 30.9 Å². The highest BCUT2D eigenvalue weighted by atomic mass is 32.1. The Kier molecular flexibility index (Phi) is 5.48. The first kappa shape index (κ1) is 16.9. The standard InChI is InChI=1S/C20H23NO2S/c1-15-12-21(13-16(2)23-15)20(24)18-10-6-7-11-19(18)22-14-17-8-4-3-5-9-17/h3-11,15-16H,12-14H2,1-2H3/t15-,16-/m0/s1. The summed E-state index contributed by atoms with van der Waals surface area (Å²) in [6.07, 6.45) is 0.369. The van der Waals surface area contributed by atoms with Crippen molar-refractivity contribution < 1.29 is 9.47 Å². The Hall–Kier alpha value is -1.91. The molecule has 24 heavy (non-hydrogen) atoms. The van der Waals surface area contributed by atoms with Crippen LogP contribution < -0.4 is 4.74 Å². The van der Waals surface area contributed by atoms with Crippen LogP contribution in [0.5, 0.6) is 5.75 Å². The second-order valence-electron chi connectivity index (χ2n) is 6.24. The average Bonchev–Trinajstić information content (AvgIpc) is 2.59. The molecule has 2 aromatic carbocycles. The lowest BCUT2D eigenvalue weighted by molar-refractivity contribution is -0.0472. The van der Waals surface area contributed by atoms with E-state index in [-0.39, 0.29) is 12.2 Å². The van der Waals surface area contributed by atoms with Gasteiger partial charge in [0.1, 0.15) is 17.3 Å². The van der Waals surface area contributed by atoms with E-state index in [0.29, 0.717) is 6.61 Å². The molecule has 1 saturated heterocycles. The lowest BCUT2D eigenvalue weighted by Crippen LogP contribution is -2.47. The molecule has 4 heteroatoms. The number of para-hydroxylation sites is 1. The molecule has 0 amide bonds. The third-order valence-electron chi connectivity index (χ3n) is 4.06. The van der Waals surface area contributed by atoms with Crippen LogP contribution in [0.4, 0.5) is 0 Å². The first-order chi connectivity index (χ1) is 11.6. The zero-order chi connectivity index (χ0) is 16.9. The molecular formula is C20H23NO2S. The van der Waals surface area contributed by atoms with Crippen molar-refractivity contribution in [3.63, 3.8) is 0 Å². The van der Waals surface area contributed by atoms with Gasteiger partial charge in [0.15, 0.2) is 0 Å². The lowest BCUT2D eigenvalue weighted by atomic mass is 10.1. The van der Waals surface area contributed by atoms with Crippen molar-refractivity contribution >= 4 is 17.2 Å². The summed E-state index contributed by atoms with van der Waals surface area (Å²) in [6.45, 7) is 6.34. The Morgan fingerprint density at radius 1 is 1.04 bits per heavy atom. The van der Waals surface area contributed by atoms with E-state index in [1.807, 2.05) is 42.5 Å². The number of hydrogen-bond donors (Lipinski definition) is 0. The molecule has 1 aliphatic rings. The van der Waals surface area contributed by atoms with Crippen molar-refractivity contribution in [1.29, 1.82) is 0 Å². The Morgan fingerprint density at radius 2 is 1.67 bits per heavy atom. The van der Waals surface area contributed by atoms with Crippen molar-refractivity contribution in [1.82, 2.24) is 4.90 Å². The van der Waals surface area contributed by atoms with Crippen molar-refractivity contribution in [3.8, 4) is 5.75 Å². The lowest BCUT2D eigenvalue weighted by Gasteiger charge is -2.37. The van der Waals surface area contributed by atoms with Crippen LogP contribution in [0.15, 0.2) is 54.6 Å². The summed E-state index contributed by atoms with van der Waals surface area (Å²) < 4.78 is 11.8. The molecule has 0 bridgehead atoms. The summed E-state index contributed by atoms with van der Waals surface area (Å²) in [7, 11) is 0. The minimum atomic E-state index is 0.184. The molecule has 1 aliphatic heterocycles. The SMILES string of the molecule is C[C@H]1CN(C(=S)c2ccccc2OCc2ccccc2)C[C@H](C)O1. The summed E-state index contributed by atoms with van der Waals surface area (Å²) in [4.78, 5) is 3.06. The van der Waals surface area contributed by atoms with Crippen LogP contribution >= 0.6 is 12.2 Å². The monoisotopic (exact) mass is 341 g/mol. The summed E-state index contributed by atoms with van der Waals surface area (Å²) in [5, 5.41) is 0. The summed E-state index contributed by atoms with van der Waals surface area (Å²) in [5.41, 5.74) is 2.12. The fourth-order valence-electron chi connectivity index (χ4n) is 3.02. The van der Waals surface area contributed by atoms with E-state index < -0.39 is 0 Å². The van der Waals surface area contributed by atoms with Crippen LogP contribution in [0.1, 0.15) is 25.0 Å². The maximum atomic E-state index is 6.04. The Labute approximate surface area is 149 Å². The van der Waals surface area contributed by atoms with Crippen molar-refractivity contribution in [3.05, 3.63) is 65.7 Å². The van der Waals surface area contributed by atoms with Gasteiger partial charge in [-0.15, -0.1) is 0 Å². The minimum Gasteiger partial charge on any atom is -0.488 e. The number of rotatable bonds is 4. The quantitative estimate of drug-likeness (QED) is 0.782. The fourth-order valence-corrected chi connectivity index (χ4v) is 3.34. The van der Waals surface area contributed by atoms with Crippen LogP contribution in [0.3, 0.4) is 0 Å². The molecule has 126 valence electrons. The number of thiocarbonyl (C=S) groups is 1. The molecule has 0 aromatic heterocycles. The van der Waals surface area contributed by atoms with Gasteiger partial charge in [0.05, 0.1) is 17.8 Å². The molecule has 3 nitrogen and oxygen atoms in total. The van der Waals surface area contributed by atoms with Crippen molar-refractivity contribution in [2.75, 3.05) is 13.1 Å². The summed E-state index contributed by atoms with van der Waals surface area (Å²) in [6, 6.07) is 18.2. The highest BCUT2D eigenvalue weighted by Gasteiger charge is 2.25. The van der Waals surface area contributed by atoms with Gasteiger partial charge in [-0.2, -0.15) is 0 Å². The van der Waals surface area contributed by atoms with Crippen molar-refractivity contribution in [2.45, 2.75) is 32.7 Å². The molecule has 2 aromatic rings. The first-order valence-corrected chi connectivity index (χ1v) is 8.75. The van der Waals surface area contributed by atoms with E-state index in [1.165, 1.54) is 0 Å². The normalized spacial score (nSPS) is 20.7. The highest BCUT2D eigenvalue weighted by molar-refractivity contribution is 7.80. The summed E-state index contributed by atoms with van der Waals surface area (Å²) in [5.74, 6) is 0.832. The molecule has 0 radical (unpaired) electrons. The van der Waals surface area contributed by atoms with E-state index in [1.54, 1.807) is 0 Å². The van der Waals surface area contributed by atoms with Crippen LogP contribution in [-0.2, 0) is 11.3 Å². The van der Waals surface area contributed by atoms with Gasteiger partial charge in [0, 0.05) is 13.1 Å². The molecule has 0 aliphatic carbocycles. The third kappa shape index (κ3) is 4.13. The number of hydrogen-bond acceptors (Lipinski definition) is 3.